The lowest BCUT2D eigenvalue weighted by Crippen LogP contribution is -2.15. The Labute approximate surface area is 150 Å². The Bertz CT molecular complexity index is 857. The molecule has 0 atom stereocenters. The van der Waals surface area contributed by atoms with Crippen LogP contribution in [0.4, 0.5) is 0 Å². The van der Waals surface area contributed by atoms with Crippen molar-refractivity contribution < 1.29 is 19.1 Å². The number of carbonyl (C=O) groups is 2. The third-order valence-electron chi connectivity index (χ3n) is 3.44. The van der Waals surface area contributed by atoms with Crippen LogP contribution in [0, 0.1) is 25.2 Å². The number of nitrogens with zero attached hydrogens (tertiary/aromatic N) is 1. The maximum Gasteiger partial charge on any atom is 0.349 e. The summed E-state index contributed by atoms with van der Waals surface area (Å²) in [6.07, 6.45) is 1.41. The van der Waals surface area contributed by atoms with Gasteiger partial charge in [0.15, 0.2) is 6.61 Å². The molecule has 0 spiro atoms. The fourth-order valence-corrected chi connectivity index (χ4v) is 3.14. The van der Waals surface area contributed by atoms with Gasteiger partial charge in [-0.3, -0.25) is 4.79 Å². The number of thiophene rings is 1. The molecule has 0 amide bonds. The third kappa shape index (κ3) is 4.78. The van der Waals surface area contributed by atoms with E-state index in [4.69, 9.17) is 14.7 Å². The molecule has 0 aliphatic carbocycles. The maximum absolute atomic E-state index is 12.1. The van der Waals surface area contributed by atoms with Crippen molar-refractivity contribution in [3.8, 4) is 11.8 Å². The number of hydrogen-bond acceptors (Lipinski definition) is 6. The van der Waals surface area contributed by atoms with Crippen LogP contribution in [0.3, 0.4) is 0 Å². The summed E-state index contributed by atoms with van der Waals surface area (Å²) in [5, 5.41) is 9.16. The van der Waals surface area contributed by atoms with Crippen LogP contribution in [0.1, 0.15) is 25.7 Å². The summed E-state index contributed by atoms with van der Waals surface area (Å²) >= 11 is 1.51. The predicted octanol–water partition coefficient (Wildman–Crippen LogP) is 3.71. The second-order valence-corrected chi connectivity index (χ2v) is 6.73. The normalized spacial score (nSPS) is 10.9. The quantitative estimate of drug-likeness (QED) is 0.342. The van der Waals surface area contributed by atoms with Gasteiger partial charge < -0.3 is 9.47 Å². The number of aryl methyl sites for hydroxylation is 2. The van der Waals surface area contributed by atoms with Gasteiger partial charge in [0, 0.05) is 15.3 Å². The molecule has 1 aromatic carbocycles. The van der Waals surface area contributed by atoms with Gasteiger partial charge in [0.05, 0.1) is 7.11 Å². The molecule has 0 saturated carbocycles. The molecule has 25 heavy (non-hydrogen) atoms. The van der Waals surface area contributed by atoms with Gasteiger partial charge >= 0.3 is 5.97 Å². The van der Waals surface area contributed by atoms with Crippen LogP contribution < -0.4 is 4.74 Å². The lowest BCUT2D eigenvalue weighted by atomic mass is 10.1. The van der Waals surface area contributed by atoms with Gasteiger partial charge in [0.2, 0.25) is 5.78 Å². The Morgan fingerprint density at radius 3 is 2.44 bits per heavy atom. The highest BCUT2D eigenvalue weighted by molar-refractivity contribution is 7.12. The molecule has 0 unspecified atom stereocenters. The fourth-order valence-electron chi connectivity index (χ4n) is 2.20. The number of Topliss-reactive ketones (excluding diaryl/α,β-unsaturated/α-hetero) is 1. The summed E-state index contributed by atoms with van der Waals surface area (Å²) in [7, 11) is 1.55. The van der Waals surface area contributed by atoms with Crippen LogP contribution in [-0.4, -0.2) is 25.5 Å². The molecule has 0 bridgehead atoms. The summed E-state index contributed by atoms with van der Waals surface area (Å²) in [6, 6.07) is 10.4. The highest BCUT2D eigenvalue weighted by Gasteiger charge is 2.16. The smallest absolute Gasteiger partial charge is 0.349 e. The SMILES string of the molecule is COc1ccc(/C=C(\C#N)C(=O)OCC(=O)c2cc(C)sc2C)cc1. The molecule has 128 valence electrons. The molecule has 2 rings (SSSR count). The van der Waals surface area contributed by atoms with Crippen molar-refractivity contribution in [3.05, 3.63) is 56.8 Å². The standard InChI is InChI=1S/C19H17NO4S/c1-12-8-17(13(2)25-12)18(21)11-24-19(22)15(10-20)9-14-4-6-16(23-3)7-5-14/h4-9H,11H2,1-3H3/b15-9+. The molecule has 2 aromatic rings. The molecule has 0 fully saturated rings. The van der Waals surface area contributed by atoms with E-state index >= 15 is 0 Å². The molecule has 6 heteroatoms. The highest BCUT2D eigenvalue weighted by atomic mass is 32.1. The van der Waals surface area contributed by atoms with E-state index in [1.165, 1.54) is 17.4 Å². The summed E-state index contributed by atoms with van der Waals surface area (Å²) in [5.74, 6) is -0.432. The van der Waals surface area contributed by atoms with Crippen LogP contribution in [0.5, 0.6) is 5.75 Å². The molecule has 0 radical (unpaired) electrons. The number of esters is 1. The van der Waals surface area contributed by atoms with Gasteiger partial charge in [-0.2, -0.15) is 5.26 Å². The number of hydrogen-bond donors (Lipinski definition) is 0. The van der Waals surface area contributed by atoms with E-state index in [1.54, 1.807) is 43.5 Å². The first-order valence-corrected chi connectivity index (χ1v) is 8.29. The second kappa shape index (κ2) is 8.27. The molecule has 0 aliphatic rings. The van der Waals surface area contributed by atoms with Crippen LogP contribution in [0.15, 0.2) is 35.9 Å². The maximum atomic E-state index is 12.1. The van der Waals surface area contributed by atoms with E-state index in [1.807, 2.05) is 13.8 Å². The number of carbonyl (C=O) groups excluding carboxylic acids is 2. The van der Waals surface area contributed by atoms with E-state index in [0.29, 0.717) is 16.9 Å². The van der Waals surface area contributed by atoms with Crippen molar-refractivity contribution in [1.82, 2.24) is 0 Å². The largest absolute Gasteiger partial charge is 0.497 e. The molecular formula is C19H17NO4S. The van der Waals surface area contributed by atoms with E-state index in [-0.39, 0.29) is 11.4 Å². The van der Waals surface area contributed by atoms with Crippen molar-refractivity contribution in [2.45, 2.75) is 13.8 Å². The first-order chi connectivity index (χ1) is 11.9. The average molecular weight is 355 g/mol. The third-order valence-corrected chi connectivity index (χ3v) is 4.41. The van der Waals surface area contributed by atoms with Crippen LogP contribution in [-0.2, 0) is 9.53 Å². The molecule has 5 nitrogen and oxygen atoms in total. The molecule has 1 heterocycles. The van der Waals surface area contributed by atoms with Crippen molar-refractivity contribution in [3.63, 3.8) is 0 Å². The molecule has 0 aliphatic heterocycles. The lowest BCUT2D eigenvalue weighted by Gasteiger charge is -2.04. The number of nitriles is 1. The van der Waals surface area contributed by atoms with Gasteiger partial charge in [-0.05, 0) is 43.7 Å². The Morgan fingerprint density at radius 2 is 1.92 bits per heavy atom. The Kier molecular flexibility index (Phi) is 6.09. The van der Waals surface area contributed by atoms with E-state index in [2.05, 4.69) is 0 Å². The average Bonchev–Trinajstić information content (AvgIpc) is 2.96. The van der Waals surface area contributed by atoms with Crippen LogP contribution in [0.2, 0.25) is 0 Å². The van der Waals surface area contributed by atoms with Gasteiger partial charge in [-0.25, -0.2) is 4.79 Å². The van der Waals surface area contributed by atoms with Crippen molar-refractivity contribution >= 4 is 29.2 Å². The molecule has 1 aromatic heterocycles. The first kappa shape index (κ1) is 18.4. The van der Waals surface area contributed by atoms with Crippen molar-refractivity contribution in [2.75, 3.05) is 13.7 Å². The van der Waals surface area contributed by atoms with Crippen molar-refractivity contribution in [1.29, 1.82) is 5.26 Å². The zero-order chi connectivity index (χ0) is 18.4. The first-order valence-electron chi connectivity index (χ1n) is 7.47. The van der Waals surface area contributed by atoms with Gasteiger partial charge in [0.25, 0.3) is 0 Å². The molecular weight excluding hydrogens is 338 g/mol. The summed E-state index contributed by atoms with van der Waals surface area (Å²) in [4.78, 5) is 26.1. The highest BCUT2D eigenvalue weighted by Crippen LogP contribution is 2.21. The zero-order valence-electron chi connectivity index (χ0n) is 14.2. The molecule has 0 saturated heterocycles. The van der Waals surface area contributed by atoms with E-state index in [9.17, 15) is 9.59 Å². The van der Waals surface area contributed by atoms with Crippen LogP contribution >= 0.6 is 11.3 Å². The van der Waals surface area contributed by atoms with Gasteiger partial charge in [-0.15, -0.1) is 11.3 Å². The van der Waals surface area contributed by atoms with Gasteiger partial charge in [0.1, 0.15) is 17.4 Å². The second-order valence-electron chi connectivity index (χ2n) is 5.27. The minimum atomic E-state index is -0.823. The van der Waals surface area contributed by atoms with E-state index < -0.39 is 12.6 Å². The lowest BCUT2D eigenvalue weighted by molar-refractivity contribution is -0.137. The Hall–Kier alpha value is -2.91. The monoisotopic (exact) mass is 355 g/mol. The molecule has 0 N–H and O–H groups in total. The summed E-state index contributed by atoms with van der Waals surface area (Å²) < 4.78 is 10.0. The van der Waals surface area contributed by atoms with E-state index in [0.717, 1.165) is 9.75 Å². The van der Waals surface area contributed by atoms with Crippen LogP contribution in [0.25, 0.3) is 6.08 Å². The Balaban J connectivity index is 2.04. The summed E-state index contributed by atoms with van der Waals surface area (Å²) in [5.41, 5.74) is 1.04. The fraction of sp³-hybridized carbons (Fsp3) is 0.211. The number of ketones is 1. The number of rotatable bonds is 6. The Morgan fingerprint density at radius 1 is 1.24 bits per heavy atom. The number of benzene rings is 1. The van der Waals surface area contributed by atoms with Crippen molar-refractivity contribution in [2.24, 2.45) is 0 Å². The number of methoxy groups -OCH3 is 1. The topological polar surface area (TPSA) is 76.4 Å². The van der Waals surface area contributed by atoms with Gasteiger partial charge in [-0.1, -0.05) is 12.1 Å². The number of ether oxygens (including phenoxy) is 2. The predicted molar refractivity (Wildman–Crippen MR) is 95.7 cm³/mol. The summed E-state index contributed by atoms with van der Waals surface area (Å²) in [6.45, 7) is 3.36. The zero-order valence-corrected chi connectivity index (χ0v) is 15.0. The minimum Gasteiger partial charge on any atom is -0.497 e. The minimum absolute atomic E-state index is 0.170.